The van der Waals surface area contributed by atoms with Gasteiger partial charge in [-0.25, -0.2) is 10.8 Å². The third kappa shape index (κ3) is 4.20. The molecule has 1 heterocycles. The number of pyridine rings is 1. The minimum Gasteiger partial charge on any atom is -0.289 e. The molecular weight excluding hydrogens is 222 g/mol. The van der Waals surface area contributed by atoms with Crippen LogP contribution in [-0.2, 0) is 5.75 Å². The highest BCUT2D eigenvalue weighted by atomic mass is 32.2. The van der Waals surface area contributed by atoms with E-state index in [4.69, 9.17) is 5.84 Å². The largest absolute Gasteiger partial charge is 0.289 e. The van der Waals surface area contributed by atoms with Gasteiger partial charge in [0.1, 0.15) is 5.69 Å². The number of aromatic nitrogens is 1. The maximum Gasteiger partial charge on any atom is 0.283 e. The van der Waals surface area contributed by atoms with E-state index in [-0.39, 0.29) is 5.91 Å². The third-order valence-corrected chi connectivity index (χ3v) is 3.14. The molecule has 4 nitrogen and oxygen atoms in total. The molecule has 0 unspecified atom stereocenters. The first-order valence-electron chi connectivity index (χ1n) is 5.32. The molecule has 1 amide bonds. The number of hydrogen-bond donors (Lipinski definition) is 2. The summed E-state index contributed by atoms with van der Waals surface area (Å²) in [5.41, 5.74) is 3.37. The molecule has 0 aromatic carbocycles. The van der Waals surface area contributed by atoms with E-state index < -0.39 is 0 Å². The van der Waals surface area contributed by atoms with Gasteiger partial charge >= 0.3 is 0 Å². The van der Waals surface area contributed by atoms with Crippen LogP contribution < -0.4 is 11.3 Å². The fourth-order valence-electron chi connectivity index (χ4n) is 1.18. The highest BCUT2D eigenvalue weighted by Crippen LogP contribution is 2.12. The molecular formula is C11H17N3OS. The van der Waals surface area contributed by atoms with Crippen molar-refractivity contribution in [2.75, 3.05) is 5.75 Å². The molecule has 88 valence electrons. The van der Waals surface area contributed by atoms with E-state index in [1.54, 1.807) is 6.07 Å². The van der Waals surface area contributed by atoms with Crippen molar-refractivity contribution in [1.29, 1.82) is 0 Å². The van der Waals surface area contributed by atoms with E-state index in [2.05, 4.69) is 17.3 Å². The summed E-state index contributed by atoms with van der Waals surface area (Å²) in [6, 6.07) is 5.40. The smallest absolute Gasteiger partial charge is 0.283 e. The summed E-state index contributed by atoms with van der Waals surface area (Å²) in [6.07, 6.45) is 2.42. The molecule has 0 radical (unpaired) electrons. The number of carbonyl (C=O) groups excluding carboxylic acids is 1. The zero-order valence-electron chi connectivity index (χ0n) is 9.40. The van der Waals surface area contributed by atoms with Crippen LogP contribution in [-0.4, -0.2) is 16.6 Å². The Morgan fingerprint density at radius 3 is 3.06 bits per heavy atom. The molecule has 0 aliphatic rings. The predicted octanol–water partition coefficient (Wildman–Crippen LogP) is 1.72. The van der Waals surface area contributed by atoms with Gasteiger partial charge in [-0.3, -0.25) is 10.2 Å². The molecule has 3 N–H and O–H groups in total. The Morgan fingerprint density at radius 1 is 1.56 bits per heavy atom. The van der Waals surface area contributed by atoms with Crippen LogP contribution in [0, 0.1) is 0 Å². The normalized spacial score (nSPS) is 10.1. The Kier molecular flexibility index (Phi) is 5.88. The molecule has 0 bridgehead atoms. The van der Waals surface area contributed by atoms with Crippen molar-refractivity contribution < 1.29 is 4.79 Å². The number of carbonyl (C=O) groups is 1. The van der Waals surface area contributed by atoms with Crippen LogP contribution in [0.4, 0.5) is 0 Å². The van der Waals surface area contributed by atoms with Crippen molar-refractivity contribution in [3.8, 4) is 0 Å². The molecule has 5 heteroatoms. The Hall–Kier alpha value is -1.07. The number of nitrogen functional groups attached to an aromatic ring is 1. The van der Waals surface area contributed by atoms with Crippen LogP contribution in [0.5, 0.6) is 0 Å². The number of nitrogens with one attached hydrogen (secondary N) is 1. The first kappa shape index (κ1) is 13.0. The van der Waals surface area contributed by atoms with Gasteiger partial charge in [0.05, 0.1) is 5.69 Å². The lowest BCUT2D eigenvalue weighted by molar-refractivity contribution is 0.0948. The quantitative estimate of drug-likeness (QED) is 0.343. The van der Waals surface area contributed by atoms with Gasteiger partial charge in [0.25, 0.3) is 5.91 Å². The minimum atomic E-state index is -0.347. The summed E-state index contributed by atoms with van der Waals surface area (Å²) < 4.78 is 0. The van der Waals surface area contributed by atoms with E-state index >= 15 is 0 Å². The lowest BCUT2D eigenvalue weighted by Crippen LogP contribution is -2.30. The lowest BCUT2D eigenvalue weighted by atomic mass is 10.3. The van der Waals surface area contributed by atoms with Crippen LogP contribution in [0.15, 0.2) is 18.2 Å². The van der Waals surface area contributed by atoms with Crippen LogP contribution in [0.1, 0.15) is 35.9 Å². The zero-order valence-corrected chi connectivity index (χ0v) is 10.2. The molecule has 0 saturated heterocycles. The second kappa shape index (κ2) is 7.24. The van der Waals surface area contributed by atoms with Gasteiger partial charge in [-0.15, -0.1) is 0 Å². The van der Waals surface area contributed by atoms with Gasteiger partial charge < -0.3 is 0 Å². The van der Waals surface area contributed by atoms with Gasteiger partial charge in [0, 0.05) is 5.75 Å². The SMILES string of the molecule is CCCCSCc1cccc(C(=O)NN)n1. The molecule has 0 spiro atoms. The highest BCUT2D eigenvalue weighted by molar-refractivity contribution is 7.98. The van der Waals surface area contributed by atoms with Crippen LogP contribution >= 0.6 is 11.8 Å². The molecule has 0 aliphatic carbocycles. The van der Waals surface area contributed by atoms with Gasteiger partial charge in [-0.1, -0.05) is 19.4 Å². The van der Waals surface area contributed by atoms with Crippen molar-refractivity contribution in [3.05, 3.63) is 29.6 Å². The van der Waals surface area contributed by atoms with E-state index in [1.807, 2.05) is 23.9 Å². The molecule has 0 atom stereocenters. The van der Waals surface area contributed by atoms with E-state index in [0.29, 0.717) is 5.69 Å². The van der Waals surface area contributed by atoms with E-state index in [0.717, 1.165) is 17.2 Å². The predicted molar refractivity (Wildman–Crippen MR) is 67.0 cm³/mol. The van der Waals surface area contributed by atoms with Crippen molar-refractivity contribution >= 4 is 17.7 Å². The lowest BCUT2D eigenvalue weighted by Gasteiger charge is -2.03. The van der Waals surface area contributed by atoms with Crippen LogP contribution in [0.25, 0.3) is 0 Å². The first-order chi connectivity index (χ1) is 7.77. The fourth-order valence-corrected chi connectivity index (χ4v) is 2.19. The van der Waals surface area contributed by atoms with Gasteiger partial charge in [0.15, 0.2) is 0 Å². The molecule has 1 rings (SSSR count). The summed E-state index contributed by atoms with van der Waals surface area (Å²) in [5, 5.41) is 0. The number of thioether (sulfide) groups is 1. The Morgan fingerprint density at radius 2 is 2.38 bits per heavy atom. The number of hydrazine groups is 1. The summed E-state index contributed by atoms with van der Waals surface area (Å²) in [4.78, 5) is 15.5. The second-order valence-corrected chi connectivity index (χ2v) is 4.50. The summed E-state index contributed by atoms with van der Waals surface area (Å²) in [7, 11) is 0. The Labute approximate surface area is 100.0 Å². The van der Waals surface area contributed by atoms with Crippen molar-refractivity contribution in [2.24, 2.45) is 5.84 Å². The van der Waals surface area contributed by atoms with Gasteiger partial charge in [-0.05, 0) is 24.3 Å². The molecule has 1 aromatic rings. The van der Waals surface area contributed by atoms with Gasteiger partial charge in [-0.2, -0.15) is 11.8 Å². The van der Waals surface area contributed by atoms with Crippen molar-refractivity contribution in [1.82, 2.24) is 10.4 Å². The summed E-state index contributed by atoms with van der Waals surface area (Å²) >= 11 is 1.83. The number of hydrogen-bond acceptors (Lipinski definition) is 4. The maximum absolute atomic E-state index is 11.2. The van der Waals surface area contributed by atoms with Crippen molar-refractivity contribution in [3.63, 3.8) is 0 Å². The average Bonchev–Trinajstić information content (AvgIpc) is 2.34. The number of nitrogens with zero attached hydrogens (tertiary/aromatic N) is 1. The minimum absolute atomic E-state index is 0.347. The molecule has 0 saturated carbocycles. The number of rotatable bonds is 6. The maximum atomic E-state index is 11.2. The number of amides is 1. The summed E-state index contributed by atoms with van der Waals surface area (Å²) in [6.45, 7) is 2.17. The first-order valence-corrected chi connectivity index (χ1v) is 6.48. The number of nitrogens with two attached hydrogens (primary N) is 1. The van der Waals surface area contributed by atoms with Crippen LogP contribution in [0.3, 0.4) is 0 Å². The third-order valence-electron chi connectivity index (χ3n) is 2.06. The fraction of sp³-hybridized carbons (Fsp3) is 0.455. The zero-order chi connectivity index (χ0) is 11.8. The molecule has 16 heavy (non-hydrogen) atoms. The summed E-state index contributed by atoms with van der Waals surface area (Å²) in [5.74, 6) is 6.67. The van der Waals surface area contributed by atoms with E-state index in [9.17, 15) is 4.79 Å². The number of unbranched alkanes of at least 4 members (excludes halogenated alkanes) is 1. The van der Waals surface area contributed by atoms with Gasteiger partial charge in [0.2, 0.25) is 0 Å². The van der Waals surface area contributed by atoms with Crippen molar-refractivity contribution in [2.45, 2.75) is 25.5 Å². The Bertz CT molecular complexity index is 344. The van der Waals surface area contributed by atoms with E-state index in [1.165, 1.54) is 12.8 Å². The standard InChI is InChI=1S/C11H17N3OS/c1-2-3-7-16-8-9-5-4-6-10(13-9)11(15)14-12/h4-6H,2-3,7-8,12H2,1H3,(H,14,15). The second-order valence-electron chi connectivity index (χ2n) is 3.39. The monoisotopic (exact) mass is 239 g/mol. The molecule has 1 aromatic heterocycles. The molecule has 0 fully saturated rings. The highest BCUT2D eigenvalue weighted by Gasteiger charge is 2.05. The Balaban J connectivity index is 2.50. The topological polar surface area (TPSA) is 68.0 Å². The van der Waals surface area contributed by atoms with Crippen LogP contribution in [0.2, 0.25) is 0 Å². The average molecular weight is 239 g/mol. The molecule has 0 aliphatic heterocycles.